The Balaban J connectivity index is 1.88. The summed E-state index contributed by atoms with van der Waals surface area (Å²) in [5.41, 5.74) is 0. The van der Waals surface area contributed by atoms with Crippen LogP contribution < -0.4 is 0 Å². The highest BCUT2D eigenvalue weighted by Gasteiger charge is 2.42. The van der Waals surface area contributed by atoms with Crippen LogP contribution in [-0.4, -0.2) is 66.9 Å². The highest BCUT2D eigenvalue weighted by Crippen LogP contribution is 2.37. The van der Waals surface area contributed by atoms with Crippen molar-refractivity contribution in [2.75, 3.05) is 33.4 Å². The SMILES string of the molecule is CCN(CC)C(=O)C(C)N(C)C1CCC2(CC1)OCCO2. The maximum Gasteiger partial charge on any atom is 0.239 e. The second-order valence-electron chi connectivity index (χ2n) is 6.19. The van der Waals surface area contributed by atoms with E-state index in [1.807, 2.05) is 25.7 Å². The van der Waals surface area contributed by atoms with E-state index in [4.69, 9.17) is 9.47 Å². The van der Waals surface area contributed by atoms with Crippen molar-refractivity contribution in [3.63, 3.8) is 0 Å². The minimum absolute atomic E-state index is 0.0608. The zero-order valence-corrected chi connectivity index (χ0v) is 13.9. The Kier molecular flexibility index (Phi) is 5.63. The fourth-order valence-corrected chi connectivity index (χ4v) is 3.53. The molecule has 1 heterocycles. The van der Waals surface area contributed by atoms with Crippen LogP contribution in [0.15, 0.2) is 0 Å². The molecule has 1 saturated carbocycles. The van der Waals surface area contributed by atoms with Crippen molar-refractivity contribution in [2.24, 2.45) is 0 Å². The zero-order chi connectivity index (χ0) is 15.5. The van der Waals surface area contributed by atoms with Gasteiger partial charge in [-0.15, -0.1) is 0 Å². The number of hydrogen-bond acceptors (Lipinski definition) is 4. The summed E-state index contributed by atoms with van der Waals surface area (Å²) < 4.78 is 11.5. The van der Waals surface area contributed by atoms with Gasteiger partial charge in [0.25, 0.3) is 0 Å². The average molecular weight is 298 g/mol. The molecule has 2 fully saturated rings. The van der Waals surface area contributed by atoms with Crippen molar-refractivity contribution in [2.45, 2.75) is 64.3 Å². The summed E-state index contributed by atoms with van der Waals surface area (Å²) in [4.78, 5) is 16.6. The van der Waals surface area contributed by atoms with Crippen LogP contribution in [0, 0.1) is 0 Å². The van der Waals surface area contributed by atoms with E-state index >= 15 is 0 Å². The van der Waals surface area contributed by atoms with Gasteiger partial charge in [0.1, 0.15) is 0 Å². The molecular formula is C16H30N2O3. The van der Waals surface area contributed by atoms with E-state index in [-0.39, 0.29) is 17.7 Å². The fraction of sp³-hybridized carbons (Fsp3) is 0.938. The van der Waals surface area contributed by atoms with Crippen molar-refractivity contribution >= 4 is 5.91 Å². The lowest BCUT2D eigenvalue weighted by molar-refractivity contribution is -0.184. The van der Waals surface area contributed by atoms with E-state index in [2.05, 4.69) is 11.9 Å². The molecule has 5 heteroatoms. The molecule has 0 radical (unpaired) electrons. The van der Waals surface area contributed by atoms with Crippen LogP contribution in [0.25, 0.3) is 0 Å². The fourth-order valence-electron chi connectivity index (χ4n) is 3.53. The van der Waals surface area contributed by atoms with E-state index in [1.54, 1.807) is 0 Å². The van der Waals surface area contributed by atoms with Crippen LogP contribution in [0.2, 0.25) is 0 Å². The van der Waals surface area contributed by atoms with Gasteiger partial charge in [-0.1, -0.05) is 0 Å². The Bertz CT molecular complexity index is 341. The van der Waals surface area contributed by atoms with Crippen molar-refractivity contribution in [1.82, 2.24) is 9.80 Å². The molecule has 2 rings (SSSR count). The minimum atomic E-state index is -0.316. The van der Waals surface area contributed by atoms with Crippen LogP contribution >= 0.6 is 0 Å². The number of hydrogen-bond donors (Lipinski definition) is 0. The molecular weight excluding hydrogens is 268 g/mol. The molecule has 1 aliphatic heterocycles. The molecule has 0 aromatic heterocycles. The average Bonchev–Trinajstić information content (AvgIpc) is 2.96. The summed E-state index contributed by atoms with van der Waals surface area (Å²) in [5, 5.41) is 0. The van der Waals surface area contributed by atoms with Gasteiger partial charge in [0.15, 0.2) is 5.79 Å². The van der Waals surface area contributed by atoms with Gasteiger partial charge < -0.3 is 14.4 Å². The first kappa shape index (κ1) is 16.7. The lowest BCUT2D eigenvalue weighted by Crippen LogP contribution is -2.51. The molecule has 1 unspecified atom stereocenters. The second-order valence-corrected chi connectivity index (χ2v) is 6.19. The molecule has 21 heavy (non-hydrogen) atoms. The number of amides is 1. The van der Waals surface area contributed by atoms with Crippen LogP contribution in [0.4, 0.5) is 0 Å². The van der Waals surface area contributed by atoms with Crippen LogP contribution in [0.3, 0.4) is 0 Å². The predicted octanol–water partition coefficient (Wildman–Crippen LogP) is 1.86. The number of ether oxygens (including phenoxy) is 2. The summed E-state index contributed by atoms with van der Waals surface area (Å²) in [6.07, 6.45) is 3.95. The van der Waals surface area contributed by atoms with E-state index < -0.39 is 0 Å². The lowest BCUT2D eigenvalue weighted by Gasteiger charge is -2.41. The Morgan fingerprint density at radius 2 is 1.71 bits per heavy atom. The maximum absolute atomic E-state index is 12.5. The van der Waals surface area contributed by atoms with E-state index in [9.17, 15) is 4.79 Å². The van der Waals surface area contributed by atoms with Crippen molar-refractivity contribution < 1.29 is 14.3 Å². The lowest BCUT2D eigenvalue weighted by atomic mass is 9.88. The highest BCUT2D eigenvalue weighted by molar-refractivity contribution is 5.81. The van der Waals surface area contributed by atoms with E-state index in [1.165, 1.54) is 0 Å². The summed E-state index contributed by atoms with van der Waals surface area (Å²) in [6, 6.07) is 0.382. The monoisotopic (exact) mass is 298 g/mol. The Labute approximate surface area is 128 Å². The van der Waals surface area contributed by atoms with Crippen molar-refractivity contribution in [3.8, 4) is 0 Å². The standard InChI is InChI=1S/C16H30N2O3/c1-5-18(6-2)15(19)13(3)17(4)14-7-9-16(10-8-14)20-11-12-21-16/h13-14H,5-12H2,1-4H3. The first-order chi connectivity index (χ1) is 10.0. The molecule has 1 saturated heterocycles. The van der Waals surface area contributed by atoms with Gasteiger partial charge in [0, 0.05) is 32.0 Å². The van der Waals surface area contributed by atoms with Gasteiger partial charge in [0.2, 0.25) is 5.91 Å². The zero-order valence-electron chi connectivity index (χ0n) is 13.9. The van der Waals surface area contributed by atoms with Crippen LogP contribution in [0.1, 0.15) is 46.5 Å². The minimum Gasteiger partial charge on any atom is -0.348 e. The first-order valence-electron chi connectivity index (χ1n) is 8.31. The molecule has 0 aromatic rings. The van der Waals surface area contributed by atoms with Gasteiger partial charge in [-0.3, -0.25) is 9.69 Å². The third-order valence-electron chi connectivity index (χ3n) is 5.15. The largest absolute Gasteiger partial charge is 0.348 e. The molecule has 0 N–H and O–H groups in total. The van der Waals surface area contributed by atoms with Gasteiger partial charge in [0.05, 0.1) is 19.3 Å². The summed E-state index contributed by atoms with van der Waals surface area (Å²) in [7, 11) is 2.07. The van der Waals surface area contributed by atoms with Gasteiger partial charge in [-0.05, 0) is 40.7 Å². The van der Waals surface area contributed by atoms with Gasteiger partial charge in [-0.2, -0.15) is 0 Å². The number of carbonyl (C=O) groups is 1. The molecule has 1 amide bonds. The number of rotatable bonds is 5. The predicted molar refractivity (Wildman–Crippen MR) is 82.0 cm³/mol. The normalized spacial score (nSPS) is 23.7. The van der Waals surface area contributed by atoms with Crippen LogP contribution in [0.5, 0.6) is 0 Å². The Morgan fingerprint density at radius 3 is 2.19 bits per heavy atom. The highest BCUT2D eigenvalue weighted by atomic mass is 16.7. The molecule has 0 bridgehead atoms. The van der Waals surface area contributed by atoms with Gasteiger partial charge in [-0.25, -0.2) is 0 Å². The summed E-state index contributed by atoms with van der Waals surface area (Å²) in [6.45, 7) is 9.09. The third-order valence-corrected chi connectivity index (χ3v) is 5.15. The first-order valence-corrected chi connectivity index (χ1v) is 8.31. The number of nitrogens with zero attached hydrogens (tertiary/aromatic N) is 2. The topological polar surface area (TPSA) is 42.0 Å². The van der Waals surface area contributed by atoms with Crippen LogP contribution in [-0.2, 0) is 14.3 Å². The molecule has 1 atom stereocenters. The van der Waals surface area contributed by atoms with Crippen molar-refractivity contribution in [1.29, 1.82) is 0 Å². The molecule has 122 valence electrons. The molecule has 1 aliphatic carbocycles. The Hall–Kier alpha value is -0.650. The summed E-state index contributed by atoms with van der Waals surface area (Å²) in [5.74, 6) is -0.0835. The van der Waals surface area contributed by atoms with E-state index in [0.717, 1.165) is 52.0 Å². The van der Waals surface area contributed by atoms with Gasteiger partial charge >= 0.3 is 0 Å². The summed E-state index contributed by atoms with van der Waals surface area (Å²) >= 11 is 0. The molecule has 0 aromatic carbocycles. The van der Waals surface area contributed by atoms with E-state index in [0.29, 0.717) is 6.04 Å². The number of carbonyl (C=O) groups excluding carboxylic acids is 1. The number of likely N-dealkylation sites (N-methyl/N-ethyl adjacent to an activating group) is 2. The third kappa shape index (κ3) is 3.58. The quantitative estimate of drug-likeness (QED) is 0.777. The molecule has 5 nitrogen and oxygen atoms in total. The molecule has 2 aliphatic rings. The van der Waals surface area contributed by atoms with Crippen molar-refractivity contribution in [3.05, 3.63) is 0 Å². The Morgan fingerprint density at radius 1 is 1.19 bits per heavy atom. The molecule has 1 spiro atoms. The maximum atomic E-state index is 12.5. The second kappa shape index (κ2) is 7.07. The smallest absolute Gasteiger partial charge is 0.239 e.